The third kappa shape index (κ3) is 3.86. The van der Waals surface area contributed by atoms with Crippen molar-refractivity contribution in [1.29, 1.82) is 0 Å². The second-order valence-electron chi connectivity index (χ2n) is 5.34. The summed E-state index contributed by atoms with van der Waals surface area (Å²) >= 11 is 0. The number of nitrogens with zero attached hydrogens (tertiary/aromatic N) is 1. The summed E-state index contributed by atoms with van der Waals surface area (Å²) in [5, 5.41) is 2.90. The number of nitrogens with two attached hydrogens (primary N) is 1. The second-order valence-corrected chi connectivity index (χ2v) is 5.34. The number of carbonyl (C=O) groups excluding carboxylic acids is 1. The maximum atomic E-state index is 12.1. The van der Waals surface area contributed by atoms with Gasteiger partial charge in [-0.15, -0.1) is 0 Å². The number of hydrogen-bond acceptors (Lipinski definition) is 4. The first-order chi connectivity index (χ1) is 8.77. The minimum absolute atomic E-state index is 0.122. The molecular weight excluding hydrogens is 242 g/mol. The fraction of sp³-hybridized carbons (Fsp3) is 0.500. The fourth-order valence-corrected chi connectivity index (χ4v) is 1.41. The molecule has 0 bridgehead atoms. The molecule has 0 spiro atoms. The molecule has 5 heteroatoms. The van der Waals surface area contributed by atoms with Gasteiger partial charge in [-0.1, -0.05) is 0 Å². The summed E-state index contributed by atoms with van der Waals surface area (Å²) in [4.78, 5) is 14.2. The predicted octanol–water partition coefficient (Wildman–Crippen LogP) is 1.35. The van der Waals surface area contributed by atoms with Crippen LogP contribution in [0.2, 0.25) is 0 Å². The first-order valence-electron chi connectivity index (χ1n) is 6.17. The number of benzene rings is 1. The number of carbonyl (C=O) groups is 1. The molecule has 0 heterocycles. The van der Waals surface area contributed by atoms with Gasteiger partial charge in [-0.25, -0.2) is 0 Å². The highest BCUT2D eigenvalue weighted by Gasteiger charge is 2.22. The van der Waals surface area contributed by atoms with Gasteiger partial charge in [0.1, 0.15) is 5.75 Å². The molecule has 3 N–H and O–H groups in total. The van der Waals surface area contributed by atoms with Crippen LogP contribution in [0.3, 0.4) is 0 Å². The van der Waals surface area contributed by atoms with Crippen LogP contribution in [-0.4, -0.2) is 44.1 Å². The van der Waals surface area contributed by atoms with E-state index in [2.05, 4.69) is 24.1 Å². The monoisotopic (exact) mass is 265 g/mol. The number of likely N-dealkylation sites (N-methyl/N-ethyl adjacent to an activating group) is 1. The standard InChI is InChI=1S/C14H23N3O2/c1-14(2,17(3)4)9-16-13(18)11-8-10(19-5)6-7-12(11)15/h6-8H,9,15H2,1-5H3,(H,16,18). The van der Waals surface area contributed by atoms with Crippen LogP contribution in [0.1, 0.15) is 24.2 Å². The molecule has 1 aromatic rings. The molecule has 0 unspecified atom stereocenters. The van der Waals surface area contributed by atoms with Crippen molar-refractivity contribution in [1.82, 2.24) is 10.2 Å². The molecular formula is C14H23N3O2. The van der Waals surface area contributed by atoms with Crippen molar-refractivity contribution in [2.75, 3.05) is 33.5 Å². The lowest BCUT2D eigenvalue weighted by atomic mass is 10.0. The number of ether oxygens (including phenoxy) is 1. The SMILES string of the molecule is COc1ccc(N)c(C(=O)NCC(C)(C)N(C)C)c1. The Morgan fingerprint density at radius 2 is 2.05 bits per heavy atom. The average molecular weight is 265 g/mol. The molecule has 0 aliphatic heterocycles. The third-order valence-electron chi connectivity index (χ3n) is 3.40. The Morgan fingerprint density at radius 1 is 1.42 bits per heavy atom. The molecule has 0 aliphatic carbocycles. The zero-order valence-electron chi connectivity index (χ0n) is 12.3. The number of anilines is 1. The smallest absolute Gasteiger partial charge is 0.253 e. The Morgan fingerprint density at radius 3 is 2.58 bits per heavy atom. The molecule has 19 heavy (non-hydrogen) atoms. The number of amides is 1. The molecule has 1 rings (SSSR count). The summed E-state index contributed by atoms with van der Waals surface area (Å²) in [5.41, 5.74) is 6.58. The zero-order valence-corrected chi connectivity index (χ0v) is 12.3. The Hall–Kier alpha value is -1.75. The Bertz CT molecular complexity index is 456. The Labute approximate surface area is 114 Å². The van der Waals surface area contributed by atoms with Crippen molar-refractivity contribution in [3.63, 3.8) is 0 Å². The minimum atomic E-state index is -0.189. The van der Waals surface area contributed by atoms with Crippen LogP contribution in [0, 0.1) is 0 Å². The first-order valence-corrected chi connectivity index (χ1v) is 6.17. The third-order valence-corrected chi connectivity index (χ3v) is 3.40. The van der Waals surface area contributed by atoms with E-state index in [1.807, 2.05) is 14.1 Å². The van der Waals surface area contributed by atoms with Gasteiger partial charge in [-0.05, 0) is 46.1 Å². The topological polar surface area (TPSA) is 67.6 Å². The molecule has 106 valence electrons. The number of nitrogens with one attached hydrogen (secondary N) is 1. The highest BCUT2D eigenvalue weighted by molar-refractivity contribution is 5.99. The van der Waals surface area contributed by atoms with Gasteiger partial charge in [0.25, 0.3) is 5.91 Å². The van der Waals surface area contributed by atoms with Crippen molar-refractivity contribution >= 4 is 11.6 Å². The highest BCUT2D eigenvalue weighted by atomic mass is 16.5. The van der Waals surface area contributed by atoms with E-state index < -0.39 is 0 Å². The van der Waals surface area contributed by atoms with E-state index in [0.717, 1.165) is 0 Å². The molecule has 0 aliphatic rings. The van der Waals surface area contributed by atoms with Gasteiger partial charge in [0, 0.05) is 17.8 Å². The molecule has 1 amide bonds. The van der Waals surface area contributed by atoms with Gasteiger partial charge in [-0.3, -0.25) is 4.79 Å². The van der Waals surface area contributed by atoms with Crippen LogP contribution in [0.5, 0.6) is 5.75 Å². The van der Waals surface area contributed by atoms with Gasteiger partial charge in [0.15, 0.2) is 0 Å². The van der Waals surface area contributed by atoms with Crippen LogP contribution in [0.15, 0.2) is 18.2 Å². The first kappa shape index (κ1) is 15.3. The molecule has 0 aromatic heterocycles. The van der Waals surface area contributed by atoms with Crippen molar-refractivity contribution in [3.05, 3.63) is 23.8 Å². The number of hydrogen-bond donors (Lipinski definition) is 2. The summed E-state index contributed by atoms with van der Waals surface area (Å²) in [6, 6.07) is 5.05. The lowest BCUT2D eigenvalue weighted by Gasteiger charge is -2.32. The average Bonchev–Trinajstić information content (AvgIpc) is 2.36. The second kappa shape index (κ2) is 5.93. The van der Waals surface area contributed by atoms with E-state index in [1.165, 1.54) is 0 Å². The Kier molecular flexibility index (Phi) is 4.78. The molecule has 0 fully saturated rings. The largest absolute Gasteiger partial charge is 0.497 e. The zero-order chi connectivity index (χ0) is 14.6. The summed E-state index contributed by atoms with van der Waals surface area (Å²) in [5.74, 6) is 0.428. The van der Waals surface area contributed by atoms with E-state index in [4.69, 9.17) is 10.5 Å². The quantitative estimate of drug-likeness (QED) is 0.789. The Balaban J connectivity index is 2.79. The number of methoxy groups -OCH3 is 1. The molecule has 5 nitrogen and oxygen atoms in total. The van der Waals surface area contributed by atoms with E-state index in [-0.39, 0.29) is 11.4 Å². The summed E-state index contributed by atoms with van der Waals surface area (Å²) in [6.07, 6.45) is 0. The highest BCUT2D eigenvalue weighted by Crippen LogP contribution is 2.19. The lowest BCUT2D eigenvalue weighted by Crippen LogP contribution is -2.48. The van der Waals surface area contributed by atoms with Gasteiger partial charge >= 0.3 is 0 Å². The minimum Gasteiger partial charge on any atom is -0.497 e. The number of nitrogen functional groups attached to an aromatic ring is 1. The summed E-state index contributed by atoms with van der Waals surface area (Å²) in [6.45, 7) is 4.65. The van der Waals surface area contributed by atoms with Crippen molar-refractivity contribution in [2.45, 2.75) is 19.4 Å². The number of rotatable bonds is 5. The van der Waals surface area contributed by atoms with Crippen molar-refractivity contribution < 1.29 is 9.53 Å². The van der Waals surface area contributed by atoms with Gasteiger partial charge in [0.05, 0.1) is 12.7 Å². The van der Waals surface area contributed by atoms with Crippen LogP contribution < -0.4 is 15.8 Å². The summed E-state index contributed by atoms with van der Waals surface area (Å²) < 4.78 is 5.10. The van der Waals surface area contributed by atoms with Crippen LogP contribution in [0.25, 0.3) is 0 Å². The molecule has 0 radical (unpaired) electrons. The normalized spacial score (nSPS) is 11.5. The maximum absolute atomic E-state index is 12.1. The van der Waals surface area contributed by atoms with Crippen molar-refractivity contribution in [2.24, 2.45) is 0 Å². The summed E-state index contributed by atoms with van der Waals surface area (Å²) in [7, 11) is 5.51. The van der Waals surface area contributed by atoms with Crippen molar-refractivity contribution in [3.8, 4) is 5.75 Å². The van der Waals surface area contributed by atoms with E-state index >= 15 is 0 Å². The molecule has 1 aromatic carbocycles. The van der Waals surface area contributed by atoms with Crippen LogP contribution in [0.4, 0.5) is 5.69 Å². The van der Waals surface area contributed by atoms with Gasteiger partial charge in [0.2, 0.25) is 0 Å². The molecule has 0 saturated heterocycles. The van der Waals surface area contributed by atoms with Gasteiger partial charge in [-0.2, -0.15) is 0 Å². The predicted molar refractivity (Wildman–Crippen MR) is 77.5 cm³/mol. The van der Waals surface area contributed by atoms with Gasteiger partial charge < -0.3 is 20.7 Å². The van der Waals surface area contributed by atoms with Crippen LogP contribution in [-0.2, 0) is 0 Å². The van der Waals surface area contributed by atoms with E-state index in [0.29, 0.717) is 23.5 Å². The fourth-order valence-electron chi connectivity index (χ4n) is 1.41. The molecule has 0 atom stereocenters. The van der Waals surface area contributed by atoms with E-state index in [9.17, 15) is 4.79 Å². The molecule has 0 saturated carbocycles. The van der Waals surface area contributed by atoms with Crippen LogP contribution >= 0.6 is 0 Å². The lowest BCUT2D eigenvalue weighted by molar-refractivity contribution is 0.0920. The van der Waals surface area contributed by atoms with E-state index in [1.54, 1.807) is 25.3 Å². The maximum Gasteiger partial charge on any atom is 0.253 e.